The molecule has 1 aliphatic rings. The number of ether oxygens (including phenoxy) is 1. The Balaban J connectivity index is 1.57. The second-order valence-corrected chi connectivity index (χ2v) is 6.13. The molecule has 8 nitrogen and oxygen atoms in total. The summed E-state index contributed by atoms with van der Waals surface area (Å²) in [7, 11) is 1.53. The van der Waals surface area contributed by atoms with Crippen LogP contribution in [0.15, 0.2) is 52.2 Å². The number of carbonyl (C=O) groups excluding carboxylic acids is 1. The summed E-state index contributed by atoms with van der Waals surface area (Å²) in [6.45, 7) is 0.241. The van der Waals surface area contributed by atoms with Gasteiger partial charge < -0.3 is 9.26 Å². The lowest BCUT2D eigenvalue weighted by Gasteiger charge is -2.22. The van der Waals surface area contributed by atoms with Crippen LogP contribution in [-0.2, 0) is 11.3 Å². The minimum Gasteiger partial charge on any atom is -0.481 e. The van der Waals surface area contributed by atoms with Crippen LogP contribution in [0.1, 0.15) is 24.3 Å². The average molecular weight is 381 g/mol. The Morgan fingerprint density at radius 3 is 2.82 bits per heavy atom. The lowest BCUT2D eigenvalue weighted by Crippen LogP contribution is -2.31. The Labute approximate surface area is 159 Å². The molecule has 0 spiro atoms. The molecule has 1 aliphatic heterocycles. The fourth-order valence-electron chi connectivity index (χ4n) is 2.76. The zero-order valence-electron chi connectivity index (χ0n) is 15.0. The molecule has 4 rings (SSSR count). The first-order chi connectivity index (χ1) is 13.6. The van der Waals surface area contributed by atoms with E-state index in [0.29, 0.717) is 29.4 Å². The van der Waals surface area contributed by atoms with Crippen LogP contribution in [0.2, 0.25) is 0 Å². The van der Waals surface area contributed by atoms with Crippen LogP contribution in [0.4, 0.5) is 4.39 Å². The van der Waals surface area contributed by atoms with Crippen molar-refractivity contribution in [1.29, 1.82) is 0 Å². The number of hydrogen-bond acceptors (Lipinski definition) is 7. The minimum atomic E-state index is -0.330. The molecule has 1 amide bonds. The molecule has 142 valence electrons. The zero-order chi connectivity index (χ0) is 19.5. The highest BCUT2D eigenvalue weighted by Gasteiger charge is 2.25. The summed E-state index contributed by atoms with van der Waals surface area (Å²) in [5.74, 6) is 0.619. The highest BCUT2D eigenvalue weighted by molar-refractivity contribution is 6.01. The van der Waals surface area contributed by atoms with E-state index >= 15 is 0 Å². The van der Waals surface area contributed by atoms with Crippen molar-refractivity contribution < 1.29 is 18.4 Å². The van der Waals surface area contributed by atoms with Crippen molar-refractivity contribution in [3.05, 3.63) is 59.9 Å². The molecule has 3 heterocycles. The molecule has 0 aliphatic carbocycles. The molecule has 1 aromatic carbocycles. The second kappa shape index (κ2) is 7.55. The SMILES string of the molecule is COc1cc(-c2noc(C3=NN(Cc4ccc(F)cc4)C(=O)CC3)n2)ccn1. The van der Waals surface area contributed by atoms with Gasteiger partial charge in [0.2, 0.25) is 17.6 Å². The largest absolute Gasteiger partial charge is 0.481 e. The lowest BCUT2D eigenvalue weighted by molar-refractivity contribution is -0.132. The molecule has 3 aromatic rings. The zero-order valence-corrected chi connectivity index (χ0v) is 15.0. The van der Waals surface area contributed by atoms with Gasteiger partial charge in [0.15, 0.2) is 0 Å². The summed E-state index contributed by atoms with van der Waals surface area (Å²) in [6.07, 6.45) is 2.27. The van der Waals surface area contributed by atoms with Crippen molar-refractivity contribution in [3.63, 3.8) is 0 Å². The molecular weight excluding hydrogens is 365 g/mol. The summed E-state index contributed by atoms with van der Waals surface area (Å²) in [5.41, 5.74) is 1.99. The van der Waals surface area contributed by atoms with E-state index in [2.05, 4.69) is 20.2 Å². The first-order valence-electron chi connectivity index (χ1n) is 8.59. The second-order valence-electron chi connectivity index (χ2n) is 6.13. The van der Waals surface area contributed by atoms with Gasteiger partial charge in [0.25, 0.3) is 5.89 Å². The maximum atomic E-state index is 13.1. The Morgan fingerprint density at radius 1 is 1.21 bits per heavy atom. The van der Waals surface area contributed by atoms with Gasteiger partial charge in [0.1, 0.15) is 11.5 Å². The summed E-state index contributed by atoms with van der Waals surface area (Å²) in [6, 6.07) is 9.37. The van der Waals surface area contributed by atoms with Crippen molar-refractivity contribution in [3.8, 4) is 17.3 Å². The topological polar surface area (TPSA) is 93.7 Å². The number of rotatable bonds is 5. The summed E-state index contributed by atoms with van der Waals surface area (Å²) >= 11 is 0. The van der Waals surface area contributed by atoms with Crippen LogP contribution in [-0.4, -0.2) is 38.9 Å². The van der Waals surface area contributed by atoms with Gasteiger partial charge in [0.05, 0.1) is 13.7 Å². The molecular formula is C19H16FN5O3. The molecule has 0 bridgehead atoms. The third-order valence-electron chi connectivity index (χ3n) is 4.23. The number of hydrazone groups is 1. The number of pyridine rings is 1. The van der Waals surface area contributed by atoms with Gasteiger partial charge in [-0.15, -0.1) is 0 Å². The number of aromatic nitrogens is 3. The van der Waals surface area contributed by atoms with Gasteiger partial charge in [-0.25, -0.2) is 14.4 Å². The van der Waals surface area contributed by atoms with Gasteiger partial charge in [-0.2, -0.15) is 10.1 Å². The third kappa shape index (κ3) is 3.73. The summed E-state index contributed by atoms with van der Waals surface area (Å²) in [5, 5.41) is 9.68. The molecule has 0 fully saturated rings. The van der Waals surface area contributed by atoms with Gasteiger partial charge in [-0.3, -0.25) is 4.79 Å². The number of benzene rings is 1. The van der Waals surface area contributed by atoms with Gasteiger partial charge in [-0.1, -0.05) is 17.3 Å². The van der Waals surface area contributed by atoms with Crippen molar-refractivity contribution in [1.82, 2.24) is 20.1 Å². The number of carbonyl (C=O) groups is 1. The van der Waals surface area contributed by atoms with Crippen molar-refractivity contribution >= 4 is 11.6 Å². The van der Waals surface area contributed by atoms with E-state index in [9.17, 15) is 9.18 Å². The highest BCUT2D eigenvalue weighted by atomic mass is 19.1. The smallest absolute Gasteiger partial charge is 0.274 e. The van der Waals surface area contributed by atoms with E-state index in [4.69, 9.17) is 9.26 Å². The predicted molar refractivity (Wildman–Crippen MR) is 96.8 cm³/mol. The van der Waals surface area contributed by atoms with Crippen molar-refractivity contribution in [2.75, 3.05) is 7.11 Å². The monoisotopic (exact) mass is 381 g/mol. The maximum Gasteiger partial charge on any atom is 0.274 e. The lowest BCUT2D eigenvalue weighted by atomic mass is 10.1. The fraction of sp³-hybridized carbons (Fsp3) is 0.211. The number of halogens is 1. The quantitative estimate of drug-likeness (QED) is 0.675. The minimum absolute atomic E-state index is 0.119. The Bertz CT molecular complexity index is 1030. The molecule has 2 aromatic heterocycles. The molecule has 0 saturated carbocycles. The number of hydrogen-bond donors (Lipinski definition) is 0. The van der Waals surface area contributed by atoms with Gasteiger partial charge in [0, 0.05) is 30.7 Å². The van der Waals surface area contributed by atoms with Gasteiger partial charge in [-0.05, 0) is 23.8 Å². The van der Waals surface area contributed by atoms with Crippen LogP contribution in [0.3, 0.4) is 0 Å². The van der Waals surface area contributed by atoms with Crippen LogP contribution < -0.4 is 4.74 Å². The predicted octanol–water partition coefficient (Wildman–Crippen LogP) is 2.81. The number of nitrogens with zero attached hydrogens (tertiary/aromatic N) is 5. The van der Waals surface area contributed by atoms with E-state index in [0.717, 1.165) is 5.56 Å². The van der Waals surface area contributed by atoms with Crippen LogP contribution >= 0.6 is 0 Å². The summed E-state index contributed by atoms with van der Waals surface area (Å²) in [4.78, 5) is 20.6. The molecule has 0 atom stereocenters. The van der Waals surface area contributed by atoms with Crippen LogP contribution in [0, 0.1) is 5.82 Å². The molecule has 28 heavy (non-hydrogen) atoms. The number of methoxy groups -OCH3 is 1. The third-order valence-corrected chi connectivity index (χ3v) is 4.23. The fourth-order valence-corrected chi connectivity index (χ4v) is 2.76. The Hall–Kier alpha value is -3.62. The molecule has 9 heteroatoms. The summed E-state index contributed by atoms with van der Waals surface area (Å²) < 4.78 is 23.5. The molecule has 0 saturated heterocycles. The van der Waals surface area contributed by atoms with Crippen molar-refractivity contribution in [2.24, 2.45) is 5.10 Å². The van der Waals surface area contributed by atoms with E-state index in [1.165, 1.54) is 24.3 Å². The van der Waals surface area contributed by atoms with Crippen LogP contribution in [0.5, 0.6) is 5.88 Å². The standard InChI is InChI=1S/C19H16FN5O3/c1-27-16-10-13(8-9-21-16)18-22-19(28-24-18)15-6-7-17(26)25(23-15)11-12-2-4-14(20)5-3-12/h2-5,8-10H,6-7,11H2,1H3. The number of amides is 1. The van der Waals surface area contributed by atoms with E-state index in [-0.39, 0.29) is 30.6 Å². The van der Waals surface area contributed by atoms with E-state index in [1.807, 2.05) is 0 Å². The first-order valence-corrected chi connectivity index (χ1v) is 8.59. The molecule has 0 radical (unpaired) electrons. The van der Waals surface area contributed by atoms with Crippen LogP contribution in [0.25, 0.3) is 11.4 Å². The van der Waals surface area contributed by atoms with E-state index < -0.39 is 0 Å². The average Bonchev–Trinajstić information content (AvgIpc) is 3.22. The Kier molecular flexibility index (Phi) is 4.79. The van der Waals surface area contributed by atoms with Crippen molar-refractivity contribution in [2.45, 2.75) is 19.4 Å². The Morgan fingerprint density at radius 2 is 2.04 bits per heavy atom. The first kappa shape index (κ1) is 17.8. The van der Waals surface area contributed by atoms with E-state index in [1.54, 1.807) is 30.5 Å². The van der Waals surface area contributed by atoms with Gasteiger partial charge >= 0.3 is 0 Å². The maximum absolute atomic E-state index is 13.1. The molecule has 0 N–H and O–H groups in total. The highest BCUT2D eigenvalue weighted by Crippen LogP contribution is 2.22. The molecule has 0 unspecified atom stereocenters. The normalized spacial score (nSPS) is 14.1.